The van der Waals surface area contributed by atoms with Gasteiger partial charge < -0.3 is 5.11 Å². The van der Waals surface area contributed by atoms with Crippen LogP contribution in [0.25, 0.3) is 0 Å². The van der Waals surface area contributed by atoms with Crippen molar-refractivity contribution in [2.75, 3.05) is 6.61 Å². The van der Waals surface area contributed by atoms with Gasteiger partial charge in [0.25, 0.3) is 0 Å². The Hall–Kier alpha value is -0.780. The van der Waals surface area contributed by atoms with Crippen LogP contribution in [0.3, 0.4) is 0 Å². The van der Waals surface area contributed by atoms with Gasteiger partial charge in [0, 0.05) is 0 Å². The second-order valence-electron chi connectivity index (χ2n) is 2.70. The summed E-state index contributed by atoms with van der Waals surface area (Å²) in [6.45, 7) is -0.541. The number of carboxylic acid groups (broad SMARTS) is 1. The van der Waals surface area contributed by atoms with Crippen molar-refractivity contribution in [3.63, 3.8) is 0 Å². The predicted octanol–water partition coefficient (Wildman–Crippen LogP) is 1.24. The first-order valence-corrected chi connectivity index (χ1v) is 3.33. The van der Waals surface area contributed by atoms with Crippen LogP contribution in [0.5, 0.6) is 0 Å². The summed E-state index contributed by atoms with van der Waals surface area (Å²) in [7, 11) is 0. The highest BCUT2D eigenvalue weighted by Crippen LogP contribution is 2.39. The molecule has 1 N–H and O–H groups in total. The second kappa shape index (κ2) is 2.93. The summed E-state index contributed by atoms with van der Waals surface area (Å²) in [6, 6.07) is 0. The summed E-state index contributed by atoms with van der Waals surface area (Å²) >= 11 is 0. The molecule has 3 nitrogen and oxygen atoms in total. The Balaban J connectivity index is 2.16. The molecular weight excluding hydrogens is 177 g/mol. The van der Waals surface area contributed by atoms with Crippen molar-refractivity contribution in [1.29, 1.82) is 0 Å². The lowest BCUT2D eigenvalue weighted by molar-refractivity contribution is -0.326. The monoisotopic (exact) mass is 184 g/mol. The molecule has 12 heavy (non-hydrogen) atoms. The highest BCUT2D eigenvalue weighted by atomic mass is 19.4. The quantitative estimate of drug-likeness (QED) is 0.717. The normalized spacial score (nSPS) is 28.6. The van der Waals surface area contributed by atoms with Gasteiger partial charge in [0.15, 0.2) is 0 Å². The molecule has 0 aromatic rings. The molecular formula is C6H7F3O3. The van der Waals surface area contributed by atoms with E-state index in [4.69, 9.17) is 5.11 Å². The molecule has 0 bridgehead atoms. The van der Waals surface area contributed by atoms with Crippen LogP contribution in [0.2, 0.25) is 0 Å². The molecule has 2 atom stereocenters. The van der Waals surface area contributed by atoms with Crippen molar-refractivity contribution in [2.45, 2.75) is 12.8 Å². The maximum atomic E-state index is 11.4. The van der Waals surface area contributed by atoms with Crippen LogP contribution >= 0.6 is 0 Å². The van der Waals surface area contributed by atoms with Crippen LogP contribution in [-0.2, 0) is 9.53 Å². The van der Waals surface area contributed by atoms with Crippen LogP contribution in [-0.4, -0.2) is 24.0 Å². The van der Waals surface area contributed by atoms with Gasteiger partial charge in [0.05, 0.1) is 12.5 Å². The van der Waals surface area contributed by atoms with Crippen LogP contribution in [0.4, 0.5) is 13.2 Å². The van der Waals surface area contributed by atoms with Gasteiger partial charge in [-0.1, -0.05) is 0 Å². The van der Waals surface area contributed by atoms with E-state index in [0.717, 1.165) is 0 Å². The molecule has 0 saturated heterocycles. The summed E-state index contributed by atoms with van der Waals surface area (Å²) < 4.78 is 37.7. The smallest absolute Gasteiger partial charge is 0.481 e. The van der Waals surface area contributed by atoms with E-state index in [1.165, 1.54) is 0 Å². The fraction of sp³-hybridized carbons (Fsp3) is 0.833. The zero-order valence-electron chi connectivity index (χ0n) is 5.97. The second-order valence-corrected chi connectivity index (χ2v) is 2.70. The Morgan fingerprint density at radius 2 is 2.17 bits per heavy atom. The van der Waals surface area contributed by atoms with Gasteiger partial charge in [0.2, 0.25) is 0 Å². The summed E-state index contributed by atoms with van der Waals surface area (Å²) in [4.78, 5) is 10.2. The summed E-state index contributed by atoms with van der Waals surface area (Å²) in [5.74, 6) is -2.16. The van der Waals surface area contributed by atoms with E-state index in [9.17, 15) is 18.0 Å². The fourth-order valence-corrected chi connectivity index (χ4v) is 0.936. The molecule has 0 radical (unpaired) electrons. The van der Waals surface area contributed by atoms with Crippen molar-refractivity contribution < 1.29 is 27.8 Å². The van der Waals surface area contributed by atoms with Crippen molar-refractivity contribution in [3.05, 3.63) is 0 Å². The van der Waals surface area contributed by atoms with E-state index in [2.05, 4.69) is 4.74 Å². The third kappa shape index (κ3) is 2.69. The van der Waals surface area contributed by atoms with E-state index >= 15 is 0 Å². The van der Waals surface area contributed by atoms with E-state index in [-0.39, 0.29) is 6.42 Å². The molecule has 0 unspecified atom stereocenters. The van der Waals surface area contributed by atoms with Crippen molar-refractivity contribution >= 4 is 5.97 Å². The lowest BCUT2D eigenvalue weighted by atomic mass is 10.3. The molecule has 0 amide bonds. The standard InChI is InChI=1S/C6H7F3O3/c7-6(8,9)12-2-3-1-4(3)5(10)11/h3-4H,1-2H2,(H,10,11)/t3-,4+/m0/s1. The summed E-state index contributed by atoms with van der Waals surface area (Å²) in [5.41, 5.74) is 0. The Bertz CT molecular complexity index is 189. The molecule has 1 fully saturated rings. The molecule has 0 aliphatic heterocycles. The molecule has 1 aliphatic carbocycles. The van der Waals surface area contributed by atoms with Gasteiger partial charge in [-0.05, 0) is 12.3 Å². The number of hydrogen-bond donors (Lipinski definition) is 1. The molecule has 0 aromatic carbocycles. The lowest BCUT2D eigenvalue weighted by Gasteiger charge is -2.05. The van der Waals surface area contributed by atoms with Gasteiger partial charge in [-0.15, -0.1) is 13.2 Å². The first-order chi connectivity index (χ1) is 5.40. The van der Waals surface area contributed by atoms with Gasteiger partial charge in [-0.3, -0.25) is 9.53 Å². The molecule has 1 saturated carbocycles. The minimum Gasteiger partial charge on any atom is -0.481 e. The Labute approximate surface area is 66.1 Å². The summed E-state index contributed by atoms with van der Waals surface area (Å²) in [5, 5.41) is 8.32. The highest BCUT2D eigenvalue weighted by Gasteiger charge is 2.45. The predicted molar refractivity (Wildman–Crippen MR) is 31.2 cm³/mol. The minimum absolute atomic E-state index is 0.283. The van der Waals surface area contributed by atoms with E-state index in [0.29, 0.717) is 0 Å². The lowest BCUT2D eigenvalue weighted by Crippen LogP contribution is -2.16. The van der Waals surface area contributed by atoms with Crippen LogP contribution in [0.15, 0.2) is 0 Å². The number of carbonyl (C=O) groups is 1. The van der Waals surface area contributed by atoms with Crippen molar-refractivity contribution in [1.82, 2.24) is 0 Å². The number of rotatable bonds is 3. The fourth-order valence-electron chi connectivity index (χ4n) is 0.936. The number of ether oxygens (including phenoxy) is 1. The number of carboxylic acids is 1. The molecule has 1 rings (SSSR count). The zero-order chi connectivity index (χ0) is 9.35. The Kier molecular flexibility index (Phi) is 2.27. The third-order valence-electron chi connectivity index (χ3n) is 1.70. The molecule has 0 spiro atoms. The average Bonchev–Trinajstić information content (AvgIpc) is 2.59. The SMILES string of the molecule is O=C(O)[C@@H]1C[C@H]1COC(F)(F)F. The van der Waals surface area contributed by atoms with Crippen molar-refractivity contribution in [2.24, 2.45) is 11.8 Å². The Morgan fingerprint density at radius 3 is 2.50 bits per heavy atom. The number of hydrogen-bond acceptors (Lipinski definition) is 2. The largest absolute Gasteiger partial charge is 0.522 e. The van der Waals surface area contributed by atoms with Gasteiger partial charge in [-0.25, -0.2) is 0 Å². The van der Waals surface area contributed by atoms with E-state index in [1.807, 2.05) is 0 Å². The Morgan fingerprint density at radius 1 is 1.58 bits per heavy atom. The van der Waals surface area contributed by atoms with E-state index < -0.39 is 30.8 Å². The first kappa shape index (κ1) is 9.31. The first-order valence-electron chi connectivity index (χ1n) is 3.33. The van der Waals surface area contributed by atoms with Crippen LogP contribution < -0.4 is 0 Å². The molecule has 0 aromatic heterocycles. The topological polar surface area (TPSA) is 46.5 Å². The maximum Gasteiger partial charge on any atom is 0.522 e. The average molecular weight is 184 g/mol. The molecule has 6 heteroatoms. The minimum atomic E-state index is -4.65. The van der Waals surface area contributed by atoms with Crippen LogP contribution in [0, 0.1) is 11.8 Å². The summed E-state index contributed by atoms with van der Waals surface area (Å²) in [6.07, 6.45) is -4.36. The highest BCUT2D eigenvalue weighted by molar-refractivity contribution is 5.73. The van der Waals surface area contributed by atoms with E-state index in [1.54, 1.807) is 0 Å². The van der Waals surface area contributed by atoms with Gasteiger partial charge in [0.1, 0.15) is 0 Å². The third-order valence-corrected chi connectivity index (χ3v) is 1.70. The van der Waals surface area contributed by atoms with Gasteiger partial charge in [-0.2, -0.15) is 0 Å². The molecule has 1 aliphatic rings. The van der Waals surface area contributed by atoms with Crippen LogP contribution in [0.1, 0.15) is 6.42 Å². The molecule has 70 valence electrons. The number of aliphatic carboxylic acids is 1. The molecule has 0 heterocycles. The number of halogens is 3. The number of alkyl halides is 3. The van der Waals surface area contributed by atoms with Gasteiger partial charge >= 0.3 is 12.3 Å². The maximum absolute atomic E-state index is 11.4. The zero-order valence-corrected chi connectivity index (χ0v) is 5.97. The van der Waals surface area contributed by atoms with Crippen molar-refractivity contribution in [3.8, 4) is 0 Å².